The highest BCUT2D eigenvalue weighted by atomic mass is 35.5. The first-order valence-corrected chi connectivity index (χ1v) is 16.5. The summed E-state index contributed by atoms with van der Waals surface area (Å²) >= 11 is 5.49. The van der Waals surface area contributed by atoms with E-state index in [4.69, 9.17) is 26.3 Å². The van der Waals surface area contributed by atoms with Gasteiger partial charge in [0, 0.05) is 62.0 Å². The molecule has 17 heteroatoms. The van der Waals surface area contributed by atoms with Crippen LogP contribution < -0.4 is 25.6 Å². The van der Waals surface area contributed by atoms with Crippen LogP contribution in [0.15, 0.2) is 65.9 Å². The molecule has 0 spiro atoms. The number of nitrogens with zero attached hydrogens (tertiary/aromatic N) is 6. The number of aromatic amines is 2. The largest absolute Gasteiger partial charge is 0.412 e. The molecule has 260 valence electrons. The minimum atomic E-state index is -0.841. The number of carbonyl (C=O) groups excluding carboxylic acids is 3. The molecule has 0 atom stereocenters. The summed E-state index contributed by atoms with van der Waals surface area (Å²) in [5.74, 6) is 1.26. The third kappa shape index (κ3) is 8.27. The lowest BCUT2D eigenvalue weighted by atomic mass is 10.2. The Morgan fingerprint density at radius 2 is 1.50 bits per heavy atom. The number of amides is 4. The fourth-order valence-electron chi connectivity index (χ4n) is 5.45. The molecule has 5 N–H and O–H groups in total. The second kappa shape index (κ2) is 15.7. The summed E-state index contributed by atoms with van der Waals surface area (Å²) < 4.78 is 5.33. The lowest BCUT2D eigenvalue weighted by Crippen LogP contribution is -2.44. The third-order valence-corrected chi connectivity index (χ3v) is 8.34. The first kappa shape index (κ1) is 34.1. The topological polar surface area (TPSA) is 193 Å². The lowest BCUT2D eigenvalue weighted by molar-refractivity contribution is -0.120. The maximum atomic E-state index is 12.2. The maximum absolute atomic E-state index is 12.2. The summed E-state index contributed by atoms with van der Waals surface area (Å²) in [7, 11) is 2.15. The second-order valence-electron chi connectivity index (χ2n) is 11.6. The molecule has 3 heterocycles. The van der Waals surface area contributed by atoms with E-state index >= 15 is 0 Å². The van der Waals surface area contributed by atoms with Gasteiger partial charge in [0.25, 0.3) is 0 Å². The zero-order chi connectivity index (χ0) is 35.0. The number of alkyl halides is 1. The van der Waals surface area contributed by atoms with Crippen molar-refractivity contribution in [3.05, 3.63) is 65.6 Å². The number of hydrogen-bond donors (Lipinski definition) is 5. The number of halogens is 1. The molecule has 0 saturated carbocycles. The van der Waals surface area contributed by atoms with Gasteiger partial charge in [0.2, 0.25) is 5.91 Å². The van der Waals surface area contributed by atoms with Crippen LogP contribution in [0, 0.1) is 4.91 Å². The first-order chi connectivity index (χ1) is 24.3. The monoisotopic (exact) mass is 701 g/mol. The van der Waals surface area contributed by atoms with E-state index in [2.05, 4.69) is 66.3 Å². The number of nitrogens with one attached hydrogen (secondary N) is 5. The minimum absolute atomic E-state index is 0.0178. The van der Waals surface area contributed by atoms with Gasteiger partial charge in [-0.1, -0.05) is 0 Å². The van der Waals surface area contributed by atoms with Crippen LogP contribution in [0.5, 0.6) is 5.75 Å². The van der Waals surface area contributed by atoms with Crippen LogP contribution in [0.4, 0.5) is 15.3 Å². The van der Waals surface area contributed by atoms with Gasteiger partial charge in [-0.3, -0.25) is 4.79 Å². The summed E-state index contributed by atoms with van der Waals surface area (Å²) in [4.78, 5) is 67.7. The molecule has 3 aromatic carbocycles. The highest BCUT2D eigenvalue weighted by molar-refractivity contribution is 6.18. The molecule has 5 aromatic rings. The van der Waals surface area contributed by atoms with Crippen molar-refractivity contribution in [2.75, 3.05) is 70.2 Å². The zero-order valence-corrected chi connectivity index (χ0v) is 28.0. The number of benzene rings is 3. The van der Waals surface area contributed by atoms with Gasteiger partial charge in [0.1, 0.15) is 17.4 Å². The van der Waals surface area contributed by atoms with Crippen molar-refractivity contribution in [1.29, 1.82) is 0 Å². The Morgan fingerprint density at radius 1 is 0.860 bits per heavy atom. The molecule has 1 aliphatic heterocycles. The Bertz CT molecular complexity index is 1990. The number of aromatic nitrogens is 4. The molecule has 6 rings (SSSR count). The van der Waals surface area contributed by atoms with Gasteiger partial charge in [0.05, 0.1) is 40.4 Å². The number of anilines is 1. The standard InChI is InChI=1S/C33H36ClN11O5/c1-43-14-16-44(17-15-43)23-5-9-26-28(19-23)41-31(39-26)22-4-8-25-27(18-22)40-30(38-25)21-2-6-24(7-3-21)50-33(48)36-12-11-35-29(46)20-37-32(47)45(42-49)13-10-34/h2-9,18-19H,10-17,20H2,1H3,(H,35,46)(H,36,48)(H,37,47)(H,38,40)(H,39,41). The molecule has 1 saturated heterocycles. The van der Waals surface area contributed by atoms with Crippen LogP contribution in [0.1, 0.15) is 0 Å². The van der Waals surface area contributed by atoms with E-state index in [1.165, 1.54) is 5.69 Å². The van der Waals surface area contributed by atoms with Crippen LogP contribution in [-0.4, -0.2) is 113 Å². The summed E-state index contributed by atoms with van der Waals surface area (Å²) in [5, 5.41) is 10.4. The van der Waals surface area contributed by atoms with Crippen molar-refractivity contribution < 1.29 is 19.1 Å². The number of imidazole rings is 2. The molecular weight excluding hydrogens is 666 g/mol. The Kier molecular flexibility index (Phi) is 10.7. The van der Waals surface area contributed by atoms with Gasteiger partial charge in [-0.2, -0.15) is 5.01 Å². The van der Waals surface area contributed by atoms with Gasteiger partial charge in [-0.15, -0.1) is 16.5 Å². The summed E-state index contributed by atoms with van der Waals surface area (Å²) in [5.41, 5.74) is 6.50. The van der Waals surface area contributed by atoms with E-state index in [1.54, 1.807) is 24.3 Å². The van der Waals surface area contributed by atoms with Crippen LogP contribution in [0.3, 0.4) is 0 Å². The lowest BCUT2D eigenvalue weighted by Gasteiger charge is -2.34. The maximum Gasteiger partial charge on any atom is 0.412 e. The van der Waals surface area contributed by atoms with Gasteiger partial charge >= 0.3 is 12.1 Å². The minimum Gasteiger partial charge on any atom is -0.410 e. The second-order valence-corrected chi connectivity index (χ2v) is 12.0. The van der Waals surface area contributed by atoms with E-state index in [0.717, 1.165) is 65.2 Å². The highest BCUT2D eigenvalue weighted by Crippen LogP contribution is 2.29. The number of likely N-dealkylation sites (N-methyl/N-ethyl adjacent to an activating group) is 1. The predicted molar refractivity (Wildman–Crippen MR) is 190 cm³/mol. The fourth-order valence-corrected chi connectivity index (χ4v) is 5.61. The SMILES string of the molecule is CN1CCN(c2ccc3nc(-c4ccc5nc(-c6ccc(OC(=O)NCCNC(=O)CNC(=O)N(CCCl)N=O)cc6)[nH]c5c4)[nH]c3c2)CC1. The summed E-state index contributed by atoms with van der Waals surface area (Å²) in [6, 6.07) is 18.4. The van der Waals surface area contributed by atoms with Crippen molar-refractivity contribution in [3.8, 4) is 28.5 Å². The number of nitroso groups, excluding NO2 is 1. The van der Waals surface area contributed by atoms with Gasteiger partial charge in [-0.25, -0.2) is 19.6 Å². The van der Waals surface area contributed by atoms with E-state index in [0.29, 0.717) is 16.6 Å². The van der Waals surface area contributed by atoms with Crippen molar-refractivity contribution in [1.82, 2.24) is 45.8 Å². The molecule has 50 heavy (non-hydrogen) atoms. The number of hydrogen-bond acceptors (Lipinski definition) is 10. The van der Waals surface area contributed by atoms with Crippen molar-refractivity contribution in [3.63, 3.8) is 0 Å². The molecule has 4 amide bonds. The summed E-state index contributed by atoms with van der Waals surface area (Å²) in [6.07, 6.45) is -0.702. The van der Waals surface area contributed by atoms with Crippen LogP contribution in [0.25, 0.3) is 44.8 Å². The molecular formula is C33H36ClN11O5. The number of carbonyl (C=O) groups is 3. The Balaban J connectivity index is 0.995. The molecule has 1 aliphatic rings. The van der Waals surface area contributed by atoms with E-state index in [-0.39, 0.29) is 32.1 Å². The van der Waals surface area contributed by atoms with Crippen LogP contribution in [0.2, 0.25) is 0 Å². The zero-order valence-electron chi connectivity index (χ0n) is 27.2. The van der Waals surface area contributed by atoms with E-state index in [1.807, 2.05) is 18.2 Å². The Morgan fingerprint density at radius 3 is 2.20 bits per heavy atom. The number of rotatable bonds is 12. The first-order valence-electron chi connectivity index (χ1n) is 16.0. The van der Waals surface area contributed by atoms with Gasteiger partial charge in [-0.05, 0) is 67.7 Å². The van der Waals surface area contributed by atoms with Crippen LogP contribution in [-0.2, 0) is 4.79 Å². The average molecular weight is 702 g/mol. The summed E-state index contributed by atoms with van der Waals surface area (Å²) in [6.45, 7) is 3.80. The van der Waals surface area contributed by atoms with E-state index in [9.17, 15) is 19.3 Å². The number of urea groups is 1. The number of H-pyrrole nitrogens is 2. The van der Waals surface area contributed by atoms with E-state index < -0.39 is 18.0 Å². The molecule has 0 radical (unpaired) electrons. The Hall–Kier alpha value is -5.74. The van der Waals surface area contributed by atoms with Gasteiger partial charge < -0.3 is 40.5 Å². The highest BCUT2D eigenvalue weighted by Gasteiger charge is 2.17. The fraction of sp³-hybridized carbons (Fsp3) is 0.303. The van der Waals surface area contributed by atoms with Crippen LogP contribution >= 0.6 is 11.6 Å². The van der Waals surface area contributed by atoms with Crippen molar-refractivity contribution in [2.45, 2.75) is 0 Å². The Labute approximate surface area is 291 Å². The molecule has 2 aromatic heterocycles. The number of piperazine rings is 1. The third-order valence-electron chi connectivity index (χ3n) is 8.17. The normalized spacial score (nSPS) is 13.3. The predicted octanol–water partition coefficient (Wildman–Crippen LogP) is 3.66. The number of fused-ring (bicyclic) bond motifs is 2. The molecule has 16 nitrogen and oxygen atoms in total. The molecule has 0 aliphatic carbocycles. The molecule has 0 bridgehead atoms. The van der Waals surface area contributed by atoms with Crippen molar-refractivity contribution in [2.24, 2.45) is 5.29 Å². The smallest absolute Gasteiger partial charge is 0.410 e. The quantitative estimate of drug-likeness (QED) is 0.0559. The van der Waals surface area contributed by atoms with Gasteiger partial charge in [0.15, 0.2) is 0 Å². The van der Waals surface area contributed by atoms with Crippen molar-refractivity contribution >= 4 is 57.4 Å². The number of ether oxygens (including phenoxy) is 1. The molecule has 0 unspecified atom stereocenters. The molecule has 1 fully saturated rings. The average Bonchev–Trinajstić information content (AvgIpc) is 3.76.